The summed E-state index contributed by atoms with van der Waals surface area (Å²) in [4.78, 5) is 11.3. The second-order valence-electron chi connectivity index (χ2n) is 7.41. The third-order valence-electron chi connectivity index (χ3n) is 4.71. The number of hydrogen-bond donors (Lipinski definition) is 1. The van der Waals surface area contributed by atoms with Gasteiger partial charge in [-0.1, -0.05) is 18.2 Å². The summed E-state index contributed by atoms with van der Waals surface area (Å²) in [5.74, 6) is 0.360. The third-order valence-corrected chi connectivity index (χ3v) is 4.71. The molecule has 0 unspecified atom stereocenters. The van der Waals surface area contributed by atoms with Crippen molar-refractivity contribution in [2.45, 2.75) is 32.5 Å². The van der Waals surface area contributed by atoms with Gasteiger partial charge in [0.1, 0.15) is 5.75 Å². The molecule has 0 radical (unpaired) electrons. The van der Waals surface area contributed by atoms with E-state index in [2.05, 4.69) is 10.2 Å². The molecular formula is C21H21F3N4O2. The molecule has 0 bridgehead atoms. The van der Waals surface area contributed by atoms with Gasteiger partial charge in [0.2, 0.25) is 5.91 Å². The fourth-order valence-electron chi connectivity index (χ4n) is 3.25. The molecular weight excluding hydrogens is 397 g/mol. The Morgan fingerprint density at radius 1 is 1.10 bits per heavy atom. The molecule has 0 aliphatic rings. The first-order chi connectivity index (χ1) is 13.9. The van der Waals surface area contributed by atoms with Gasteiger partial charge >= 0.3 is 6.18 Å². The molecule has 0 fully saturated rings. The zero-order chi connectivity index (χ0) is 22.3. The summed E-state index contributed by atoms with van der Waals surface area (Å²) < 4.78 is 47.8. The van der Waals surface area contributed by atoms with E-state index in [1.54, 1.807) is 46.0 Å². The van der Waals surface area contributed by atoms with Crippen molar-refractivity contribution in [2.75, 3.05) is 0 Å². The zero-order valence-electron chi connectivity index (χ0n) is 16.9. The Morgan fingerprint density at radius 3 is 2.37 bits per heavy atom. The topological polar surface area (TPSA) is 83.0 Å². The van der Waals surface area contributed by atoms with Crippen molar-refractivity contribution in [1.29, 1.82) is 0 Å². The standard InChI is InChI=1S/C21H21F3N4O2/c1-12-11-13(17(25)29)9-10-16(12)30-20(2,3)19-27-26-18(28(19)4)14-7-5-6-8-15(14)21(22,23)24/h5-11H,1-4H3,(H2,25,29). The maximum absolute atomic E-state index is 13.4. The van der Waals surface area contributed by atoms with Gasteiger partial charge in [-0.15, -0.1) is 10.2 Å². The van der Waals surface area contributed by atoms with E-state index in [0.717, 1.165) is 6.07 Å². The van der Waals surface area contributed by atoms with E-state index in [-0.39, 0.29) is 11.4 Å². The van der Waals surface area contributed by atoms with Crippen LogP contribution in [0.25, 0.3) is 11.4 Å². The summed E-state index contributed by atoms with van der Waals surface area (Å²) in [5.41, 5.74) is 4.45. The molecule has 2 N–H and O–H groups in total. The molecule has 3 aromatic rings. The van der Waals surface area contributed by atoms with Gasteiger partial charge in [-0.3, -0.25) is 4.79 Å². The molecule has 9 heteroatoms. The van der Waals surface area contributed by atoms with Gasteiger partial charge in [-0.2, -0.15) is 13.2 Å². The lowest BCUT2D eigenvalue weighted by molar-refractivity contribution is -0.137. The molecule has 0 saturated heterocycles. The van der Waals surface area contributed by atoms with Crippen LogP contribution in [0.2, 0.25) is 0 Å². The molecule has 0 aliphatic heterocycles. The number of aromatic nitrogens is 3. The van der Waals surface area contributed by atoms with Gasteiger partial charge in [0, 0.05) is 18.2 Å². The van der Waals surface area contributed by atoms with Gasteiger partial charge in [-0.25, -0.2) is 0 Å². The average molecular weight is 418 g/mol. The second kappa shape index (κ2) is 7.47. The zero-order valence-corrected chi connectivity index (χ0v) is 16.9. The van der Waals surface area contributed by atoms with E-state index < -0.39 is 23.2 Å². The Balaban J connectivity index is 1.99. The van der Waals surface area contributed by atoms with E-state index in [4.69, 9.17) is 10.5 Å². The first-order valence-corrected chi connectivity index (χ1v) is 9.08. The third kappa shape index (κ3) is 4.00. The number of amides is 1. The molecule has 2 aromatic carbocycles. The SMILES string of the molecule is Cc1cc(C(N)=O)ccc1OC(C)(C)c1nnc(-c2ccccc2C(F)(F)F)n1C. The van der Waals surface area contributed by atoms with Crippen LogP contribution in [0.3, 0.4) is 0 Å². The van der Waals surface area contributed by atoms with Crippen LogP contribution in [-0.4, -0.2) is 20.7 Å². The van der Waals surface area contributed by atoms with Crippen LogP contribution in [-0.2, 0) is 18.8 Å². The van der Waals surface area contributed by atoms with Crippen LogP contribution in [0, 0.1) is 6.92 Å². The Bertz CT molecular complexity index is 1100. The smallest absolute Gasteiger partial charge is 0.417 e. The van der Waals surface area contributed by atoms with Crippen molar-refractivity contribution >= 4 is 5.91 Å². The quantitative estimate of drug-likeness (QED) is 0.672. The van der Waals surface area contributed by atoms with Gasteiger partial charge in [0.05, 0.1) is 5.56 Å². The van der Waals surface area contributed by atoms with Gasteiger partial charge < -0.3 is 15.0 Å². The average Bonchev–Trinajstić information content (AvgIpc) is 3.04. The van der Waals surface area contributed by atoms with E-state index in [9.17, 15) is 18.0 Å². The highest BCUT2D eigenvalue weighted by molar-refractivity contribution is 5.93. The highest BCUT2D eigenvalue weighted by Crippen LogP contribution is 2.37. The number of halogens is 3. The Kier molecular flexibility index (Phi) is 5.32. The van der Waals surface area contributed by atoms with E-state index >= 15 is 0 Å². The summed E-state index contributed by atoms with van der Waals surface area (Å²) in [5, 5.41) is 8.10. The van der Waals surface area contributed by atoms with Gasteiger partial charge in [0.25, 0.3) is 0 Å². The van der Waals surface area contributed by atoms with Crippen molar-refractivity contribution in [2.24, 2.45) is 12.8 Å². The Hall–Kier alpha value is -3.36. The number of aryl methyl sites for hydroxylation is 1. The number of nitrogens with zero attached hydrogens (tertiary/aromatic N) is 3. The summed E-state index contributed by atoms with van der Waals surface area (Å²) in [6.07, 6.45) is -4.52. The van der Waals surface area contributed by atoms with Crippen molar-refractivity contribution in [3.8, 4) is 17.1 Å². The fraction of sp³-hybridized carbons (Fsp3) is 0.286. The lowest BCUT2D eigenvalue weighted by Gasteiger charge is -2.26. The summed E-state index contributed by atoms with van der Waals surface area (Å²) in [7, 11) is 1.59. The number of nitrogens with two attached hydrogens (primary N) is 1. The number of hydrogen-bond acceptors (Lipinski definition) is 4. The lowest BCUT2D eigenvalue weighted by atomic mass is 10.1. The summed E-state index contributed by atoms with van der Waals surface area (Å²) >= 11 is 0. The summed E-state index contributed by atoms with van der Waals surface area (Å²) in [6, 6.07) is 9.98. The molecule has 1 aromatic heterocycles. The second-order valence-corrected chi connectivity index (χ2v) is 7.41. The molecule has 0 spiro atoms. The molecule has 0 atom stereocenters. The number of carbonyl (C=O) groups is 1. The molecule has 1 heterocycles. The van der Waals surface area contributed by atoms with Crippen molar-refractivity contribution < 1.29 is 22.7 Å². The number of carbonyl (C=O) groups excluding carboxylic acids is 1. The monoisotopic (exact) mass is 418 g/mol. The highest BCUT2D eigenvalue weighted by Gasteiger charge is 2.36. The molecule has 1 amide bonds. The minimum absolute atomic E-state index is 0.0657. The van der Waals surface area contributed by atoms with Gasteiger partial charge in [-0.05, 0) is 50.6 Å². The molecule has 158 valence electrons. The predicted molar refractivity (Wildman–Crippen MR) is 105 cm³/mol. The normalized spacial score (nSPS) is 12.1. The van der Waals surface area contributed by atoms with E-state index in [1.165, 1.54) is 22.8 Å². The first kappa shape index (κ1) is 21.4. The maximum Gasteiger partial charge on any atom is 0.417 e. The molecule has 0 aliphatic carbocycles. The molecule has 30 heavy (non-hydrogen) atoms. The lowest BCUT2D eigenvalue weighted by Crippen LogP contribution is -2.29. The van der Waals surface area contributed by atoms with Crippen LogP contribution in [0.1, 0.15) is 41.2 Å². The number of alkyl halides is 3. The van der Waals surface area contributed by atoms with Crippen molar-refractivity contribution in [3.63, 3.8) is 0 Å². The minimum Gasteiger partial charge on any atom is -0.480 e. The highest BCUT2D eigenvalue weighted by atomic mass is 19.4. The minimum atomic E-state index is -4.52. The van der Waals surface area contributed by atoms with E-state index in [1.807, 2.05) is 0 Å². The molecule has 0 saturated carbocycles. The fourth-order valence-corrected chi connectivity index (χ4v) is 3.25. The van der Waals surface area contributed by atoms with Crippen LogP contribution in [0.4, 0.5) is 13.2 Å². The number of rotatable bonds is 5. The predicted octanol–water partition coefficient (Wildman–Crippen LogP) is 4.22. The van der Waals surface area contributed by atoms with Crippen molar-refractivity contribution in [3.05, 3.63) is 65.0 Å². The maximum atomic E-state index is 13.4. The first-order valence-electron chi connectivity index (χ1n) is 9.08. The van der Waals surface area contributed by atoms with Gasteiger partial charge in [0.15, 0.2) is 17.2 Å². The molecule has 6 nitrogen and oxygen atoms in total. The van der Waals surface area contributed by atoms with Crippen molar-refractivity contribution in [1.82, 2.24) is 14.8 Å². The van der Waals surface area contributed by atoms with Crippen LogP contribution < -0.4 is 10.5 Å². The molecule has 3 rings (SSSR count). The van der Waals surface area contributed by atoms with Crippen LogP contribution in [0.15, 0.2) is 42.5 Å². The van der Waals surface area contributed by atoms with E-state index in [0.29, 0.717) is 22.7 Å². The number of ether oxygens (including phenoxy) is 1. The van der Waals surface area contributed by atoms with Crippen LogP contribution >= 0.6 is 0 Å². The number of primary amides is 1. The largest absolute Gasteiger partial charge is 0.480 e. The Morgan fingerprint density at radius 2 is 1.77 bits per heavy atom. The Labute approximate surface area is 171 Å². The number of benzene rings is 2. The summed E-state index contributed by atoms with van der Waals surface area (Å²) in [6.45, 7) is 5.23. The van der Waals surface area contributed by atoms with Crippen LogP contribution in [0.5, 0.6) is 5.75 Å².